The van der Waals surface area contributed by atoms with Gasteiger partial charge < -0.3 is 15.0 Å². The number of rotatable bonds is 4. The lowest BCUT2D eigenvalue weighted by Gasteiger charge is -2.06. The van der Waals surface area contributed by atoms with Crippen LogP contribution in [-0.2, 0) is 11.3 Å². The third-order valence-corrected chi connectivity index (χ3v) is 2.93. The molecular formula is C14H16N2O3. The molecule has 1 aromatic carbocycles. The van der Waals surface area contributed by atoms with Crippen molar-refractivity contribution in [3.8, 4) is 5.75 Å². The van der Waals surface area contributed by atoms with Crippen LogP contribution >= 0.6 is 0 Å². The molecule has 1 heterocycles. The van der Waals surface area contributed by atoms with E-state index in [0.717, 1.165) is 16.7 Å². The first kappa shape index (κ1) is 13.1. The molecule has 0 bridgehead atoms. The first-order chi connectivity index (χ1) is 9.13. The lowest BCUT2D eigenvalue weighted by atomic mass is 10.1. The Labute approximate surface area is 110 Å². The molecule has 0 saturated heterocycles. The van der Waals surface area contributed by atoms with Crippen LogP contribution in [0.15, 0.2) is 29.1 Å². The van der Waals surface area contributed by atoms with E-state index in [1.807, 2.05) is 6.07 Å². The summed E-state index contributed by atoms with van der Waals surface area (Å²) in [4.78, 5) is 25.9. The molecule has 0 saturated carbocycles. The largest absolute Gasteiger partial charge is 0.497 e. The molecule has 1 amide bonds. The number of methoxy groups -OCH3 is 1. The molecule has 0 fully saturated rings. The molecule has 2 aromatic rings. The summed E-state index contributed by atoms with van der Waals surface area (Å²) in [5, 5.41) is 3.57. The van der Waals surface area contributed by atoms with E-state index in [4.69, 9.17) is 4.74 Å². The number of H-pyrrole nitrogens is 1. The average molecular weight is 260 g/mol. The van der Waals surface area contributed by atoms with Gasteiger partial charge in [0.15, 0.2) is 0 Å². The van der Waals surface area contributed by atoms with E-state index in [1.165, 1.54) is 0 Å². The molecule has 0 aliphatic rings. The molecule has 0 unspecified atom stereocenters. The van der Waals surface area contributed by atoms with Crippen LogP contribution in [0.2, 0.25) is 0 Å². The summed E-state index contributed by atoms with van der Waals surface area (Å²) in [7, 11) is 1.59. The minimum absolute atomic E-state index is 0.0786. The van der Waals surface area contributed by atoms with Gasteiger partial charge in [0.25, 0.3) is 5.56 Å². The van der Waals surface area contributed by atoms with Crippen molar-refractivity contribution in [2.45, 2.75) is 19.9 Å². The van der Waals surface area contributed by atoms with Gasteiger partial charge in [-0.15, -0.1) is 0 Å². The highest BCUT2D eigenvalue weighted by molar-refractivity contribution is 5.81. The van der Waals surface area contributed by atoms with Crippen molar-refractivity contribution in [1.29, 1.82) is 0 Å². The Morgan fingerprint density at radius 2 is 2.16 bits per heavy atom. The monoisotopic (exact) mass is 260 g/mol. The Morgan fingerprint density at radius 1 is 1.37 bits per heavy atom. The molecular weight excluding hydrogens is 244 g/mol. The van der Waals surface area contributed by atoms with E-state index >= 15 is 0 Å². The summed E-state index contributed by atoms with van der Waals surface area (Å²) >= 11 is 0. The molecule has 0 atom stereocenters. The van der Waals surface area contributed by atoms with Crippen LogP contribution in [0.25, 0.3) is 10.9 Å². The molecule has 0 aliphatic heterocycles. The number of amides is 1. The predicted octanol–water partition coefficient (Wildman–Crippen LogP) is 1.56. The second-order valence-electron chi connectivity index (χ2n) is 4.21. The molecule has 0 aliphatic carbocycles. The fraction of sp³-hybridized carbons (Fsp3) is 0.286. The Morgan fingerprint density at radius 3 is 2.84 bits per heavy atom. The minimum Gasteiger partial charge on any atom is -0.497 e. The minimum atomic E-state index is -0.186. The number of fused-ring (bicyclic) bond motifs is 1. The fourth-order valence-corrected chi connectivity index (χ4v) is 1.81. The Balaban J connectivity index is 2.36. The number of nitrogens with one attached hydrogen (secondary N) is 2. The van der Waals surface area contributed by atoms with Crippen LogP contribution in [0.4, 0.5) is 0 Å². The van der Waals surface area contributed by atoms with E-state index < -0.39 is 0 Å². The Bertz CT molecular complexity index is 661. The van der Waals surface area contributed by atoms with Gasteiger partial charge >= 0.3 is 0 Å². The number of carbonyl (C=O) groups excluding carboxylic acids is 1. The summed E-state index contributed by atoms with van der Waals surface area (Å²) in [6.07, 6.45) is 0.402. The Kier molecular flexibility index (Phi) is 3.85. The van der Waals surface area contributed by atoms with Crippen LogP contribution in [0, 0.1) is 0 Å². The van der Waals surface area contributed by atoms with Crippen LogP contribution < -0.4 is 15.6 Å². The molecule has 5 nitrogen and oxygen atoms in total. The smallest absolute Gasteiger partial charge is 0.253 e. The van der Waals surface area contributed by atoms with Gasteiger partial charge in [-0.05, 0) is 24.3 Å². The number of hydrogen-bond donors (Lipinski definition) is 2. The van der Waals surface area contributed by atoms with Crippen molar-refractivity contribution in [2.75, 3.05) is 7.11 Å². The summed E-state index contributed by atoms with van der Waals surface area (Å²) in [5.41, 5.74) is 1.09. The number of aromatic amines is 1. The maximum absolute atomic E-state index is 11.9. The zero-order valence-electron chi connectivity index (χ0n) is 10.9. The second kappa shape index (κ2) is 5.56. The zero-order valence-corrected chi connectivity index (χ0v) is 10.9. The van der Waals surface area contributed by atoms with Crippen LogP contribution in [0.1, 0.15) is 18.9 Å². The standard InChI is InChI=1S/C14H16N2O3/c1-3-13(17)15-8-10-6-9-7-11(19-2)4-5-12(9)16-14(10)18/h4-7H,3,8H2,1-2H3,(H,15,17)(H,16,18). The lowest BCUT2D eigenvalue weighted by molar-refractivity contribution is -0.120. The molecule has 19 heavy (non-hydrogen) atoms. The molecule has 100 valence electrons. The predicted molar refractivity (Wildman–Crippen MR) is 73.3 cm³/mol. The normalized spacial score (nSPS) is 10.4. The van der Waals surface area contributed by atoms with E-state index in [0.29, 0.717) is 12.0 Å². The zero-order chi connectivity index (χ0) is 13.8. The summed E-state index contributed by atoms with van der Waals surface area (Å²) < 4.78 is 5.15. The third-order valence-electron chi connectivity index (χ3n) is 2.93. The fourth-order valence-electron chi connectivity index (χ4n) is 1.81. The number of ether oxygens (including phenoxy) is 1. The van der Waals surface area contributed by atoms with Gasteiger partial charge in [0.05, 0.1) is 7.11 Å². The van der Waals surface area contributed by atoms with Gasteiger partial charge in [0, 0.05) is 29.4 Å². The number of benzene rings is 1. The van der Waals surface area contributed by atoms with Gasteiger partial charge in [0.1, 0.15) is 5.75 Å². The van der Waals surface area contributed by atoms with Crippen LogP contribution in [0.3, 0.4) is 0 Å². The maximum Gasteiger partial charge on any atom is 0.253 e. The molecule has 0 radical (unpaired) electrons. The molecule has 5 heteroatoms. The first-order valence-electron chi connectivity index (χ1n) is 6.10. The topological polar surface area (TPSA) is 71.2 Å². The number of pyridine rings is 1. The van der Waals surface area contributed by atoms with E-state index in [1.54, 1.807) is 32.2 Å². The summed E-state index contributed by atoms with van der Waals surface area (Å²) in [6.45, 7) is 2.00. The van der Waals surface area contributed by atoms with Gasteiger partial charge in [0.2, 0.25) is 5.91 Å². The van der Waals surface area contributed by atoms with Crippen molar-refractivity contribution in [2.24, 2.45) is 0 Å². The van der Waals surface area contributed by atoms with Crippen LogP contribution in [-0.4, -0.2) is 18.0 Å². The van der Waals surface area contributed by atoms with Crippen molar-refractivity contribution in [3.63, 3.8) is 0 Å². The quantitative estimate of drug-likeness (QED) is 0.876. The average Bonchev–Trinajstić information content (AvgIpc) is 2.44. The van der Waals surface area contributed by atoms with Gasteiger partial charge in [-0.1, -0.05) is 6.92 Å². The van der Waals surface area contributed by atoms with Gasteiger partial charge in [-0.2, -0.15) is 0 Å². The van der Waals surface area contributed by atoms with E-state index in [2.05, 4.69) is 10.3 Å². The number of carbonyl (C=O) groups is 1. The van der Waals surface area contributed by atoms with Crippen molar-refractivity contribution in [1.82, 2.24) is 10.3 Å². The summed E-state index contributed by atoms with van der Waals surface area (Å²) in [6, 6.07) is 7.20. The summed E-state index contributed by atoms with van der Waals surface area (Å²) in [5.74, 6) is 0.647. The van der Waals surface area contributed by atoms with E-state index in [-0.39, 0.29) is 18.0 Å². The maximum atomic E-state index is 11.9. The van der Waals surface area contributed by atoms with Crippen molar-refractivity contribution in [3.05, 3.63) is 40.2 Å². The Hall–Kier alpha value is -2.30. The molecule has 1 aromatic heterocycles. The lowest BCUT2D eigenvalue weighted by Crippen LogP contribution is -2.25. The van der Waals surface area contributed by atoms with E-state index in [9.17, 15) is 9.59 Å². The third kappa shape index (κ3) is 2.93. The highest BCUT2D eigenvalue weighted by atomic mass is 16.5. The highest BCUT2D eigenvalue weighted by Gasteiger charge is 2.05. The van der Waals surface area contributed by atoms with Crippen molar-refractivity contribution >= 4 is 16.8 Å². The molecule has 2 N–H and O–H groups in total. The highest BCUT2D eigenvalue weighted by Crippen LogP contribution is 2.18. The van der Waals surface area contributed by atoms with Crippen LogP contribution in [0.5, 0.6) is 5.75 Å². The SMILES string of the molecule is CCC(=O)NCc1cc2cc(OC)ccc2[nH]c1=O. The van der Waals surface area contributed by atoms with Gasteiger partial charge in [-0.3, -0.25) is 9.59 Å². The first-order valence-corrected chi connectivity index (χ1v) is 6.10. The number of hydrogen-bond acceptors (Lipinski definition) is 3. The molecule has 0 spiro atoms. The van der Waals surface area contributed by atoms with Crippen molar-refractivity contribution < 1.29 is 9.53 Å². The molecule has 2 rings (SSSR count). The second-order valence-corrected chi connectivity index (χ2v) is 4.21. The number of aromatic nitrogens is 1. The van der Waals surface area contributed by atoms with Gasteiger partial charge in [-0.25, -0.2) is 0 Å².